The minimum Gasteiger partial charge on any atom is -0.338 e. The van der Waals surface area contributed by atoms with Gasteiger partial charge in [-0.25, -0.2) is 4.79 Å². The van der Waals surface area contributed by atoms with Gasteiger partial charge in [0.1, 0.15) is 0 Å². The van der Waals surface area contributed by atoms with E-state index in [1.807, 2.05) is 4.90 Å². The Labute approximate surface area is 85.0 Å². The van der Waals surface area contributed by atoms with Crippen molar-refractivity contribution in [2.75, 3.05) is 32.7 Å². The molecule has 2 N–H and O–H groups in total. The van der Waals surface area contributed by atoms with Crippen LogP contribution in [0.3, 0.4) is 0 Å². The molecule has 2 amide bonds. The lowest BCUT2D eigenvalue weighted by atomic mass is 9.85. The lowest BCUT2D eigenvalue weighted by Crippen LogP contribution is -2.51. The number of hydrogen-bond acceptors (Lipinski definition) is 2. The highest BCUT2D eigenvalue weighted by molar-refractivity contribution is 5.74. The molecule has 0 radical (unpaired) electrons. The Morgan fingerprint density at radius 3 is 2.64 bits per heavy atom. The standard InChI is InChI=1S/C10H19N3O/c14-10(12-8-9-2-1-3-9)13-6-4-11-5-7-13/h9,11H,1-8H2,(H,12,14). The molecule has 1 saturated heterocycles. The number of hydrogen-bond donors (Lipinski definition) is 2. The molecule has 0 bridgehead atoms. The lowest BCUT2D eigenvalue weighted by molar-refractivity contribution is 0.184. The molecule has 80 valence electrons. The lowest BCUT2D eigenvalue weighted by Gasteiger charge is -2.30. The van der Waals surface area contributed by atoms with Gasteiger partial charge < -0.3 is 15.5 Å². The summed E-state index contributed by atoms with van der Waals surface area (Å²) in [6.07, 6.45) is 3.93. The summed E-state index contributed by atoms with van der Waals surface area (Å²) in [6, 6.07) is 0.124. The van der Waals surface area contributed by atoms with Crippen molar-refractivity contribution in [2.45, 2.75) is 19.3 Å². The monoisotopic (exact) mass is 197 g/mol. The first-order valence-electron chi connectivity index (χ1n) is 5.60. The van der Waals surface area contributed by atoms with Crippen LogP contribution >= 0.6 is 0 Å². The summed E-state index contributed by atoms with van der Waals surface area (Å²) < 4.78 is 0. The summed E-state index contributed by atoms with van der Waals surface area (Å²) in [4.78, 5) is 13.5. The van der Waals surface area contributed by atoms with Crippen molar-refractivity contribution in [3.05, 3.63) is 0 Å². The fourth-order valence-electron chi connectivity index (χ4n) is 1.91. The average Bonchev–Trinajstić information content (AvgIpc) is 2.16. The fourth-order valence-corrected chi connectivity index (χ4v) is 1.91. The van der Waals surface area contributed by atoms with Crippen LogP contribution in [0.2, 0.25) is 0 Å². The van der Waals surface area contributed by atoms with Crippen LogP contribution in [0.4, 0.5) is 4.79 Å². The first-order valence-corrected chi connectivity index (χ1v) is 5.60. The van der Waals surface area contributed by atoms with Crippen molar-refractivity contribution >= 4 is 6.03 Å². The summed E-state index contributed by atoms with van der Waals surface area (Å²) in [5.41, 5.74) is 0. The Morgan fingerprint density at radius 1 is 1.36 bits per heavy atom. The molecule has 1 aliphatic carbocycles. The summed E-state index contributed by atoms with van der Waals surface area (Å²) in [5, 5.41) is 6.25. The van der Waals surface area contributed by atoms with E-state index in [9.17, 15) is 4.79 Å². The third-order valence-corrected chi connectivity index (χ3v) is 3.17. The topological polar surface area (TPSA) is 44.4 Å². The minimum absolute atomic E-state index is 0.124. The highest BCUT2D eigenvalue weighted by Crippen LogP contribution is 2.25. The smallest absolute Gasteiger partial charge is 0.317 e. The van der Waals surface area contributed by atoms with Gasteiger partial charge in [0.15, 0.2) is 0 Å². The molecule has 0 aromatic rings. The number of nitrogens with one attached hydrogen (secondary N) is 2. The zero-order valence-corrected chi connectivity index (χ0v) is 8.59. The van der Waals surface area contributed by atoms with Gasteiger partial charge in [-0.05, 0) is 18.8 Å². The molecule has 4 heteroatoms. The van der Waals surface area contributed by atoms with Gasteiger partial charge in [-0.3, -0.25) is 0 Å². The van der Waals surface area contributed by atoms with Gasteiger partial charge in [0.25, 0.3) is 0 Å². The minimum atomic E-state index is 0.124. The molecule has 0 spiro atoms. The molecule has 4 nitrogen and oxygen atoms in total. The van der Waals surface area contributed by atoms with Crippen LogP contribution in [0.25, 0.3) is 0 Å². The van der Waals surface area contributed by atoms with Gasteiger partial charge >= 0.3 is 6.03 Å². The fraction of sp³-hybridized carbons (Fsp3) is 0.900. The summed E-state index contributed by atoms with van der Waals surface area (Å²) in [5.74, 6) is 0.752. The number of rotatable bonds is 2. The first-order chi connectivity index (χ1) is 6.86. The van der Waals surface area contributed by atoms with E-state index >= 15 is 0 Å². The largest absolute Gasteiger partial charge is 0.338 e. The average molecular weight is 197 g/mol. The van der Waals surface area contributed by atoms with Crippen molar-refractivity contribution in [2.24, 2.45) is 5.92 Å². The van der Waals surface area contributed by atoms with E-state index in [2.05, 4.69) is 10.6 Å². The van der Waals surface area contributed by atoms with Crippen LogP contribution in [0.5, 0.6) is 0 Å². The molecule has 0 atom stereocenters. The summed E-state index contributed by atoms with van der Waals surface area (Å²) >= 11 is 0. The predicted octanol–water partition coefficient (Wildman–Crippen LogP) is 0.401. The molecule has 14 heavy (non-hydrogen) atoms. The third kappa shape index (κ3) is 2.38. The van der Waals surface area contributed by atoms with Gasteiger partial charge in [-0.1, -0.05) is 6.42 Å². The Kier molecular flexibility index (Phi) is 3.24. The van der Waals surface area contributed by atoms with E-state index in [1.54, 1.807) is 0 Å². The number of carbonyl (C=O) groups excluding carboxylic acids is 1. The Bertz CT molecular complexity index is 198. The van der Waals surface area contributed by atoms with E-state index < -0.39 is 0 Å². The van der Waals surface area contributed by atoms with Crippen LogP contribution in [-0.4, -0.2) is 43.7 Å². The van der Waals surface area contributed by atoms with E-state index in [0.717, 1.165) is 38.6 Å². The Hall–Kier alpha value is -0.770. The van der Waals surface area contributed by atoms with Gasteiger partial charge in [-0.2, -0.15) is 0 Å². The van der Waals surface area contributed by atoms with Crippen LogP contribution in [-0.2, 0) is 0 Å². The zero-order valence-electron chi connectivity index (χ0n) is 8.59. The summed E-state index contributed by atoms with van der Waals surface area (Å²) in [6.45, 7) is 4.42. The molecule has 1 heterocycles. The maximum atomic E-state index is 11.6. The van der Waals surface area contributed by atoms with E-state index in [-0.39, 0.29) is 6.03 Å². The molecule has 1 saturated carbocycles. The van der Waals surface area contributed by atoms with Crippen molar-refractivity contribution in [1.82, 2.24) is 15.5 Å². The molecule has 2 fully saturated rings. The number of amides is 2. The second-order valence-corrected chi connectivity index (χ2v) is 4.22. The van der Waals surface area contributed by atoms with Crippen LogP contribution in [0.15, 0.2) is 0 Å². The highest BCUT2D eigenvalue weighted by atomic mass is 16.2. The molecule has 0 unspecified atom stereocenters. The maximum absolute atomic E-state index is 11.6. The van der Waals surface area contributed by atoms with Gasteiger partial charge in [0, 0.05) is 32.7 Å². The molecular formula is C10H19N3O. The molecule has 2 rings (SSSR count). The van der Waals surface area contributed by atoms with Crippen molar-refractivity contribution in [3.8, 4) is 0 Å². The Morgan fingerprint density at radius 2 is 2.07 bits per heavy atom. The van der Waals surface area contributed by atoms with Crippen LogP contribution in [0.1, 0.15) is 19.3 Å². The molecule has 0 aromatic carbocycles. The molecule has 0 aromatic heterocycles. The van der Waals surface area contributed by atoms with Crippen LogP contribution < -0.4 is 10.6 Å². The maximum Gasteiger partial charge on any atom is 0.317 e. The predicted molar refractivity (Wildman–Crippen MR) is 55.2 cm³/mol. The molecular weight excluding hydrogens is 178 g/mol. The first kappa shape index (κ1) is 9.77. The number of carbonyl (C=O) groups is 1. The van der Waals surface area contributed by atoms with E-state index in [4.69, 9.17) is 0 Å². The number of piperazine rings is 1. The second kappa shape index (κ2) is 4.64. The van der Waals surface area contributed by atoms with Gasteiger partial charge in [0.2, 0.25) is 0 Å². The SMILES string of the molecule is O=C(NCC1CCC1)N1CCNCC1. The van der Waals surface area contributed by atoms with Crippen molar-refractivity contribution < 1.29 is 4.79 Å². The number of urea groups is 1. The van der Waals surface area contributed by atoms with E-state index in [1.165, 1.54) is 19.3 Å². The van der Waals surface area contributed by atoms with Crippen molar-refractivity contribution in [3.63, 3.8) is 0 Å². The molecule has 2 aliphatic rings. The van der Waals surface area contributed by atoms with Gasteiger partial charge in [-0.15, -0.1) is 0 Å². The van der Waals surface area contributed by atoms with E-state index in [0.29, 0.717) is 0 Å². The normalized spacial score (nSPS) is 23.0. The third-order valence-electron chi connectivity index (χ3n) is 3.17. The van der Waals surface area contributed by atoms with Gasteiger partial charge in [0.05, 0.1) is 0 Å². The second-order valence-electron chi connectivity index (χ2n) is 4.22. The highest BCUT2D eigenvalue weighted by Gasteiger charge is 2.20. The quantitative estimate of drug-likeness (QED) is 0.673. The summed E-state index contributed by atoms with van der Waals surface area (Å²) in [7, 11) is 0. The zero-order chi connectivity index (χ0) is 9.80. The van der Waals surface area contributed by atoms with Crippen molar-refractivity contribution in [1.29, 1.82) is 0 Å². The number of nitrogens with zero attached hydrogens (tertiary/aromatic N) is 1. The molecule has 1 aliphatic heterocycles. The Balaban J connectivity index is 1.65. The van der Waals surface area contributed by atoms with Crippen LogP contribution in [0, 0.1) is 5.92 Å².